The Morgan fingerprint density at radius 3 is 2.67 bits per heavy atom. The number of aliphatic hydroxyl groups excluding tert-OH is 1. The summed E-state index contributed by atoms with van der Waals surface area (Å²) in [5, 5.41) is 13.1. The first-order chi connectivity index (χ1) is 7.08. The average molecular weight is 212 g/mol. The summed E-state index contributed by atoms with van der Waals surface area (Å²) in [6, 6.07) is 0.360. The average Bonchev–Trinajstić information content (AvgIpc) is 2.49. The first-order valence-electron chi connectivity index (χ1n) is 6.21. The first kappa shape index (κ1) is 11.4. The first-order valence-corrected chi connectivity index (χ1v) is 6.21. The van der Waals surface area contributed by atoms with Crippen molar-refractivity contribution in [2.75, 3.05) is 26.2 Å². The Bertz CT molecular complexity index is 218. The number of nitrogens with one attached hydrogen (secondary N) is 1. The normalized spacial score (nSPS) is 37.8. The van der Waals surface area contributed by atoms with Crippen LogP contribution in [0.5, 0.6) is 0 Å². The molecule has 0 saturated carbocycles. The Morgan fingerprint density at radius 1 is 1.20 bits per heavy atom. The van der Waals surface area contributed by atoms with E-state index in [0.717, 1.165) is 26.2 Å². The molecule has 0 radical (unpaired) electrons. The van der Waals surface area contributed by atoms with Crippen LogP contribution in [0.2, 0.25) is 0 Å². The summed E-state index contributed by atoms with van der Waals surface area (Å²) in [5.74, 6) is 0. The van der Waals surface area contributed by atoms with Crippen LogP contribution in [0.1, 0.15) is 33.1 Å². The second-order valence-corrected chi connectivity index (χ2v) is 5.85. The van der Waals surface area contributed by atoms with Gasteiger partial charge < -0.3 is 10.4 Å². The van der Waals surface area contributed by atoms with Gasteiger partial charge in [0.1, 0.15) is 0 Å². The second kappa shape index (κ2) is 4.40. The lowest BCUT2D eigenvalue weighted by Gasteiger charge is -2.29. The topological polar surface area (TPSA) is 35.5 Å². The molecule has 3 nitrogen and oxygen atoms in total. The predicted molar refractivity (Wildman–Crippen MR) is 61.9 cm³/mol. The summed E-state index contributed by atoms with van der Waals surface area (Å²) in [4.78, 5) is 2.49. The number of β-amino-alcohol motifs (C(OH)–C–C–N with tert-alkyl or cyclic N) is 1. The maximum Gasteiger partial charge on any atom is 0.0831 e. The summed E-state index contributed by atoms with van der Waals surface area (Å²) in [5.41, 5.74) is 0.492. The van der Waals surface area contributed by atoms with Crippen LogP contribution >= 0.6 is 0 Å². The largest absolute Gasteiger partial charge is 0.390 e. The standard InChI is InChI=1S/C12H24N2O/c1-12(2)4-3-6-14(7-5-12)10-8-13-9-11(10)15/h10-11,13,15H,3-9H2,1-2H3. The van der Waals surface area contributed by atoms with E-state index in [2.05, 4.69) is 24.1 Å². The quantitative estimate of drug-likeness (QED) is 0.676. The highest BCUT2D eigenvalue weighted by Gasteiger charge is 2.33. The molecule has 2 rings (SSSR count). The molecule has 0 aliphatic carbocycles. The zero-order chi connectivity index (χ0) is 10.9. The molecule has 88 valence electrons. The molecular formula is C12H24N2O. The van der Waals surface area contributed by atoms with Gasteiger partial charge in [0, 0.05) is 19.1 Å². The highest BCUT2D eigenvalue weighted by molar-refractivity contribution is 4.90. The molecule has 0 aromatic heterocycles. The van der Waals surface area contributed by atoms with Gasteiger partial charge in [-0.1, -0.05) is 13.8 Å². The van der Waals surface area contributed by atoms with Gasteiger partial charge in [0.25, 0.3) is 0 Å². The van der Waals surface area contributed by atoms with Crippen molar-refractivity contribution in [3.63, 3.8) is 0 Å². The van der Waals surface area contributed by atoms with E-state index in [4.69, 9.17) is 0 Å². The molecule has 0 amide bonds. The minimum atomic E-state index is -0.161. The van der Waals surface area contributed by atoms with Crippen LogP contribution in [0.4, 0.5) is 0 Å². The smallest absolute Gasteiger partial charge is 0.0831 e. The van der Waals surface area contributed by atoms with Gasteiger partial charge in [0.15, 0.2) is 0 Å². The summed E-state index contributed by atoms with van der Waals surface area (Å²) >= 11 is 0. The van der Waals surface area contributed by atoms with Crippen molar-refractivity contribution in [3.8, 4) is 0 Å². The highest BCUT2D eigenvalue weighted by Crippen LogP contribution is 2.30. The molecule has 2 aliphatic rings. The lowest BCUT2D eigenvalue weighted by atomic mass is 9.85. The van der Waals surface area contributed by atoms with Gasteiger partial charge in [-0.3, -0.25) is 4.90 Å². The summed E-state index contributed by atoms with van der Waals surface area (Å²) in [6.07, 6.45) is 3.69. The van der Waals surface area contributed by atoms with E-state index < -0.39 is 0 Å². The lowest BCUT2D eigenvalue weighted by molar-refractivity contribution is 0.0833. The molecule has 0 bridgehead atoms. The SMILES string of the molecule is CC1(C)CCCN(C2CNCC2O)CC1. The Balaban J connectivity index is 1.93. The van der Waals surface area contributed by atoms with Gasteiger partial charge in [0.05, 0.1) is 6.10 Å². The molecule has 0 spiro atoms. The van der Waals surface area contributed by atoms with Gasteiger partial charge in [-0.25, -0.2) is 0 Å². The van der Waals surface area contributed by atoms with Crippen molar-refractivity contribution in [1.82, 2.24) is 10.2 Å². The molecule has 2 atom stereocenters. The fraction of sp³-hybridized carbons (Fsp3) is 1.00. The van der Waals surface area contributed by atoms with Crippen molar-refractivity contribution in [1.29, 1.82) is 0 Å². The molecule has 15 heavy (non-hydrogen) atoms. The van der Waals surface area contributed by atoms with E-state index in [9.17, 15) is 5.11 Å². The van der Waals surface area contributed by atoms with E-state index in [-0.39, 0.29) is 6.10 Å². The Hall–Kier alpha value is -0.120. The van der Waals surface area contributed by atoms with Crippen molar-refractivity contribution in [2.45, 2.75) is 45.3 Å². The predicted octanol–water partition coefficient (Wildman–Crippen LogP) is 0.831. The number of aliphatic hydroxyl groups is 1. The fourth-order valence-electron chi connectivity index (χ4n) is 2.80. The Morgan fingerprint density at radius 2 is 2.00 bits per heavy atom. The van der Waals surface area contributed by atoms with Gasteiger partial charge in [-0.05, 0) is 37.8 Å². The van der Waals surface area contributed by atoms with Crippen LogP contribution in [-0.2, 0) is 0 Å². The van der Waals surface area contributed by atoms with Crippen LogP contribution in [0.3, 0.4) is 0 Å². The minimum Gasteiger partial charge on any atom is -0.390 e. The van der Waals surface area contributed by atoms with E-state index in [1.54, 1.807) is 0 Å². The van der Waals surface area contributed by atoms with Gasteiger partial charge in [-0.15, -0.1) is 0 Å². The third-order valence-electron chi connectivity index (χ3n) is 3.99. The van der Waals surface area contributed by atoms with Crippen LogP contribution in [0, 0.1) is 5.41 Å². The summed E-state index contributed by atoms with van der Waals surface area (Å²) < 4.78 is 0. The third-order valence-corrected chi connectivity index (χ3v) is 3.99. The molecule has 2 fully saturated rings. The molecule has 2 unspecified atom stereocenters. The zero-order valence-electron chi connectivity index (χ0n) is 10.00. The zero-order valence-corrected chi connectivity index (χ0v) is 10.00. The van der Waals surface area contributed by atoms with Crippen molar-refractivity contribution in [3.05, 3.63) is 0 Å². The Labute approximate surface area is 92.8 Å². The van der Waals surface area contributed by atoms with Crippen molar-refractivity contribution in [2.24, 2.45) is 5.41 Å². The van der Waals surface area contributed by atoms with Crippen LogP contribution in [0.25, 0.3) is 0 Å². The van der Waals surface area contributed by atoms with E-state index >= 15 is 0 Å². The van der Waals surface area contributed by atoms with Gasteiger partial charge in [-0.2, -0.15) is 0 Å². The monoisotopic (exact) mass is 212 g/mol. The summed E-state index contributed by atoms with van der Waals surface area (Å²) in [6.45, 7) is 8.76. The maximum atomic E-state index is 9.86. The van der Waals surface area contributed by atoms with Gasteiger partial charge in [0.2, 0.25) is 0 Å². The molecule has 2 saturated heterocycles. The molecule has 0 aromatic carbocycles. The molecule has 2 heterocycles. The minimum absolute atomic E-state index is 0.161. The second-order valence-electron chi connectivity index (χ2n) is 5.85. The van der Waals surface area contributed by atoms with Crippen molar-refractivity contribution < 1.29 is 5.11 Å². The third kappa shape index (κ3) is 2.71. The van der Waals surface area contributed by atoms with E-state index in [0.29, 0.717) is 11.5 Å². The number of rotatable bonds is 1. The lowest BCUT2D eigenvalue weighted by Crippen LogP contribution is -2.43. The van der Waals surface area contributed by atoms with Crippen LogP contribution < -0.4 is 5.32 Å². The molecule has 0 aromatic rings. The van der Waals surface area contributed by atoms with Gasteiger partial charge >= 0.3 is 0 Å². The number of hydrogen-bond acceptors (Lipinski definition) is 3. The molecule has 2 aliphatic heterocycles. The molecule has 2 N–H and O–H groups in total. The van der Waals surface area contributed by atoms with Crippen molar-refractivity contribution >= 4 is 0 Å². The fourth-order valence-corrected chi connectivity index (χ4v) is 2.80. The highest BCUT2D eigenvalue weighted by atomic mass is 16.3. The number of nitrogens with zero attached hydrogens (tertiary/aromatic N) is 1. The maximum absolute atomic E-state index is 9.86. The molecule has 3 heteroatoms. The number of likely N-dealkylation sites (tertiary alicyclic amines) is 1. The summed E-state index contributed by atoms with van der Waals surface area (Å²) in [7, 11) is 0. The Kier molecular flexibility index (Phi) is 3.33. The van der Waals surface area contributed by atoms with Crippen LogP contribution in [0.15, 0.2) is 0 Å². The van der Waals surface area contributed by atoms with E-state index in [1.807, 2.05) is 0 Å². The molecular weight excluding hydrogens is 188 g/mol. The van der Waals surface area contributed by atoms with E-state index in [1.165, 1.54) is 19.3 Å². The van der Waals surface area contributed by atoms with Crippen LogP contribution in [-0.4, -0.2) is 48.3 Å². The number of hydrogen-bond donors (Lipinski definition) is 2.